The molecular formula is C20H17Cl2N9O2. The Hall–Kier alpha value is -3.96. The molecule has 11 nitrogen and oxygen atoms in total. The van der Waals surface area contributed by atoms with Gasteiger partial charge < -0.3 is 10.6 Å². The highest BCUT2D eigenvalue weighted by atomic mass is 35.5. The van der Waals surface area contributed by atoms with Crippen molar-refractivity contribution < 1.29 is 9.42 Å². The van der Waals surface area contributed by atoms with Gasteiger partial charge in [-0.05, 0) is 34.6 Å². The topological polar surface area (TPSA) is 140 Å². The van der Waals surface area contributed by atoms with Crippen molar-refractivity contribution in [1.82, 2.24) is 30.7 Å². The largest absolute Gasteiger partial charge is 0.378 e. The average Bonchev–Trinajstić information content (AvgIpc) is 3.42. The molecule has 0 saturated carbocycles. The molecule has 3 N–H and O–H groups in total. The molecule has 1 amide bonds. The van der Waals surface area contributed by atoms with Crippen LogP contribution in [0.15, 0.2) is 58.3 Å². The maximum Gasteiger partial charge on any atom is 0.293 e. The van der Waals surface area contributed by atoms with E-state index in [1.807, 2.05) is 42.3 Å². The van der Waals surface area contributed by atoms with Crippen LogP contribution in [0.3, 0.4) is 0 Å². The Kier molecular flexibility index (Phi) is 6.52. The molecule has 0 radical (unpaired) electrons. The van der Waals surface area contributed by atoms with Crippen molar-refractivity contribution in [1.29, 1.82) is 0 Å². The quantitative estimate of drug-likeness (QED) is 0.300. The second-order valence-electron chi connectivity index (χ2n) is 6.80. The number of hydrogen-bond acceptors (Lipinski definition) is 9. The average molecular weight is 486 g/mol. The van der Waals surface area contributed by atoms with Gasteiger partial charge >= 0.3 is 0 Å². The molecule has 4 rings (SSSR count). The van der Waals surface area contributed by atoms with Gasteiger partial charge in [0.05, 0.1) is 28.5 Å². The smallest absolute Gasteiger partial charge is 0.293 e. The van der Waals surface area contributed by atoms with Crippen molar-refractivity contribution in [3.8, 4) is 5.82 Å². The second-order valence-corrected chi connectivity index (χ2v) is 7.61. The number of para-hydroxylation sites is 1. The number of halogens is 2. The number of amides is 1. The van der Waals surface area contributed by atoms with Crippen LogP contribution in [-0.2, 0) is 6.54 Å². The Morgan fingerprint density at radius 1 is 1.18 bits per heavy atom. The van der Waals surface area contributed by atoms with E-state index in [1.165, 1.54) is 10.9 Å². The summed E-state index contributed by atoms with van der Waals surface area (Å²) in [7, 11) is 1.86. The lowest BCUT2D eigenvalue weighted by Gasteiger charge is -2.19. The van der Waals surface area contributed by atoms with E-state index in [0.29, 0.717) is 21.3 Å². The summed E-state index contributed by atoms with van der Waals surface area (Å²) >= 11 is 12.2. The number of anilines is 2. The van der Waals surface area contributed by atoms with Crippen molar-refractivity contribution >= 4 is 46.8 Å². The molecule has 0 aliphatic heterocycles. The first-order valence-electron chi connectivity index (χ1n) is 9.52. The summed E-state index contributed by atoms with van der Waals surface area (Å²) in [5, 5.41) is 20.1. The second kappa shape index (κ2) is 9.67. The minimum Gasteiger partial charge on any atom is -0.378 e. The molecule has 0 unspecified atom stereocenters. The van der Waals surface area contributed by atoms with Crippen LogP contribution >= 0.6 is 23.2 Å². The van der Waals surface area contributed by atoms with E-state index < -0.39 is 5.91 Å². The minimum absolute atomic E-state index is 0.00172. The molecule has 0 atom stereocenters. The highest BCUT2D eigenvalue weighted by Gasteiger charge is 2.25. The van der Waals surface area contributed by atoms with Crippen LogP contribution in [-0.4, -0.2) is 44.5 Å². The molecule has 2 aromatic heterocycles. The molecule has 2 heterocycles. The first-order chi connectivity index (χ1) is 16.0. The van der Waals surface area contributed by atoms with Crippen LogP contribution in [0.5, 0.6) is 0 Å². The molecule has 4 aromatic rings. The number of nitrogens with zero attached hydrogens (tertiary/aromatic N) is 7. The fourth-order valence-electron chi connectivity index (χ4n) is 2.97. The number of nitrogen functional groups attached to an aromatic ring is 1. The van der Waals surface area contributed by atoms with Crippen LogP contribution in [0.25, 0.3) is 5.82 Å². The highest BCUT2D eigenvalue weighted by Crippen LogP contribution is 2.22. The van der Waals surface area contributed by atoms with Crippen LogP contribution in [0, 0.1) is 0 Å². The lowest BCUT2D eigenvalue weighted by atomic mass is 10.2. The molecule has 0 aliphatic rings. The van der Waals surface area contributed by atoms with Gasteiger partial charge in [0.1, 0.15) is 0 Å². The van der Waals surface area contributed by atoms with E-state index in [0.717, 1.165) is 5.69 Å². The standard InChI is InChI=1S/C20H17Cl2N9O2/c1-30(12-6-3-2-4-7-12)11-16-17(25-29-31(16)19-18(23)27-33-28-19)20(32)26-24-10-13-14(21)8-5-9-15(13)22/h2-10H,11H2,1H3,(H2,23,27)(H,26,32)/b24-10-. The van der Waals surface area contributed by atoms with E-state index in [9.17, 15) is 4.79 Å². The zero-order valence-electron chi connectivity index (χ0n) is 17.2. The van der Waals surface area contributed by atoms with Crippen LogP contribution < -0.4 is 16.1 Å². The Morgan fingerprint density at radius 3 is 2.58 bits per heavy atom. The van der Waals surface area contributed by atoms with Crippen molar-refractivity contribution in [3.05, 3.63) is 75.5 Å². The van der Waals surface area contributed by atoms with Gasteiger partial charge in [0, 0.05) is 18.3 Å². The van der Waals surface area contributed by atoms with Crippen molar-refractivity contribution in [2.45, 2.75) is 6.54 Å². The zero-order valence-corrected chi connectivity index (χ0v) is 18.7. The first kappa shape index (κ1) is 22.2. The van der Waals surface area contributed by atoms with Crippen molar-refractivity contribution in [2.75, 3.05) is 17.7 Å². The summed E-state index contributed by atoms with van der Waals surface area (Å²) in [5.74, 6) is -0.488. The van der Waals surface area contributed by atoms with Gasteiger partial charge in [-0.2, -0.15) is 9.78 Å². The molecule has 0 fully saturated rings. The number of carbonyl (C=O) groups is 1. The van der Waals surface area contributed by atoms with Crippen LogP contribution in [0.1, 0.15) is 21.7 Å². The fraction of sp³-hybridized carbons (Fsp3) is 0.100. The van der Waals surface area contributed by atoms with Gasteiger partial charge in [0.2, 0.25) is 11.6 Å². The SMILES string of the molecule is CN(Cc1c(C(=O)N/N=C\c2c(Cl)cccc2Cl)nnn1-c1nonc1N)c1ccccc1. The third kappa shape index (κ3) is 4.78. The zero-order chi connectivity index (χ0) is 23.4. The lowest BCUT2D eigenvalue weighted by Crippen LogP contribution is -2.24. The molecule has 13 heteroatoms. The third-order valence-electron chi connectivity index (χ3n) is 4.62. The molecule has 168 valence electrons. The Balaban J connectivity index is 1.63. The summed E-state index contributed by atoms with van der Waals surface area (Å²) in [6.07, 6.45) is 1.35. The number of aromatic nitrogens is 5. The number of carbonyl (C=O) groups excluding carboxylic acids is 1. The molecule has 0 aliphatic carbocycles. The third-order valence-corrected chi connectivity index (χ3v) is 5.28. The van der Waals surface area contributed by atoms with Crippen molar-refractivity contribution in [2.24, 2.45) is 5.10 Å². The van der Waals surface area contributed by atoms with E-state index in [2.05, 4.69) is 35.8 Å². The van der Waals surface area contributed by atoms with Crippen LogP contribution in [0.2, 0.25) is 10.0 Å². The fourth-order valence-corrected chi connectivity index (χ4v) is 3.46. The summed E-state index contributed by atoms with van der Waals surface area (Å²) < 4.78 is 5.97. The van der Waals surface area contributed by atoms with Gasteiger partial charge in [0.15, 0.2) is 5.69 Å². The van der Waals surface area contributed by atoms with E-state index in [1.54, 1.807) is 18.2 Å². The van der Waals surface area contributed by atoms with E-state index in [-0.39, 0.29) is 23.9 Å². The van der Waals surface area contributed by atoms with Gasteiger partial charge in [-0.3, -0.25) is 4.79 Å². The first-order valence-corrected chi connectivity index (χ1v) is 10.3. The maximum absolute atomic E-state index is 12.9. The molecule has 2 aromatic carbocycles. The predicted octanol–water partition coefficient (Wildman–Crippen LogP) is 2.94. The molecular weight excluding hydrogens is 469 g/mol. The summed E-state index contributed by atoms with van der Waals surface area (Å²) in [5.41, 5.74) is 10.0. The Labute approximate surface area is 197 Å². The highest BCUT2D eigenvalue weighted by molar-refractivity contribution is 6.38. The number of hydrogen-bond donors (Lipinski definition) is 2. The summed E-state index contributed by atoms with van der Waals surface area (Å²) in [6.45, 7) is 0.242. The van der Waals surface area contributed by atoms with Crippen LogP contribution in [0.4, 0.5) is 11.5 Å². The van der Waals surface area contributed by atoms with Gasteiger partial charge in [0.25, 0.3) is 5.91 Å². The molecule has 0 saturated heterocycles. The molecule has 33 heavy (non-hydrogen) atoms. The molecule has 0 spiro atoms. The monoisotopic (exact) mass is 485 g/mol. The van der Waals surface area contributed by atoms with Gasteiger partial charge in [-0.25, -0.2) is 10.1 Å². The minimum atomic E-state index is -0.604. The predicted molar refractivity (Wildman–Crippen MR) is 124 cm³/mol. The Morgan fingerprint density at radius 2 is 1.91 bits per heavy atom. The van der Waals surface area contributed by atoms with Gasteiger partial charge in [-0.15, -0.1) is 5.10 Å². The normalized spacial score (nSPS) is 11.1. The number of rotatable bonds is 7. The van der Waals surface area contributed by atoms with E-state index in [4.69, 9.17) is 28.9 Å². The Bertz CT molecular complexity index is 1280. The summed E-state index contributed by atoms with van der Waals surface area (Å²) in [6, 6.07) is 14.6. The summed E-state index contributed by atoms with van der Waals surface area (Å²) in [4.78, 5) is 14.8. The lowest BCUT2D eigenvalue weighted by molar-refractivity contribution is 0.0949. The number of nitrogens with two attached hydrogens (primary N) is 1. The molecule has 0 bridgehead atoms. The number of hydrazone groups is 1. The van der Waals surface area contributed by atoms with Crippen molar-refractivity contribution in [3.63, 3.8) is 0 Å². The maximum atomic E-state index is 12.9. The van der Waals surface area contributed by atoms with E-state index >= 15 is 0 Å². The van der Waals surface area contributed by atoms with Gasteiger partial charge in [-0.1, -0.05) is 52.7 Å². The number of nitrogens with one attached hydrogen (secondary N) is 1. The number of benzene rings is 2.